The van der Waals surface area contributed by atoms with Gasteiger partial charge in [0.1, 0.15) is 0 Å². The summed E-state index contributed by atoms with van der Waals surface area (Å²) in [6.45, 7) is 0. The minimum Gasteiger partial charge on any atom is -0.388 e. The Balaban J connectivity index is 2.17. The van der Waals surface area contributed by atoms with Crippen LogP contribution in [0.3, 0.4) is 0 Å². The number of fused-ring (bicyclic) bond motifs is 1. The third kappa shape index (κ3) is 3.39. The number of hydrogen-bond donors (Lipinski definition) is 2. The van der Waals surface area contributed by atoms with Gasteiger partial charge in [0.15, 0.2) is 0 Å². The summed E-state index contributed by atoms with van der Waals surface area (Å²) in [4.78, 5) is 11.2. The Bertz CT molecular complexity index is 516. The number of alkyl halides is 3. The van der Waals surface area contributed by atoms with Gasteiger partial charge in [0.05, 0.1) is 12.5 Å². The molecule has 0 aromatic heterocycles. The number of aliphatic hydroxyl groups is 1. The number of carbonyl (C=O) groups is 1. The summed E-state index contributed by atoms with van der Waals surface area (Å²) in [5, 5.41) is 12.5. The molecule has 0 aliphatic carbocycles. The average Bonchev–Trinajstić information content (AvgIpc) is 2.63. The first-order chi connectivity index (χ1) is 8.76. The number of anilines is 1. The fourth-order valence-corrected chi connectivity index (χ4v) is 2.27. The zero-order valence-electron chi connectivity index (χ0n) is 9.72. The predicted molar refractivity (Wildman–Crippen MR) is 64.0 cm³/mol. The van der Waals surface area contributed by atoms with Gasteiger partial charge in [-0.3, -0.25) is 4.79 Å². The molecule has 2 N–H and O–H groups in total. The summed E-state index contributed by atoms with van der Waals surface area (Å²) in [5.41, 5.74) is 1.40. The summed E-state index contributed by atoms with van der Waals surface area (Å²) in [7, 11) is 0. The monoisotopic (exact) mass is 293 g/mol. The molecule has 1 amide bonds. The lowest BCUT2D eigenvalue weighted by molar-refractivity contribution is -0.140. The Morgan fingerprint density at radius 3 is 2.74 bits per heavy atom. The van der Waals surface area contributed by atoms with Crippen LogP contribution in [0.5, 0.6) is 0 Å². The van der Waals surface area contributed by atoms with Crippen molar-refractivity contribution in [1.29, 1.82) is 0 Å². The molecule has 0 radical (unpaired) electrons. The van der Waals surface area contributed by atoms with Gasteiger partial charge in [0, 0.05) is 17.1 Å². The van der Waals surface area contributed by atoms with Gasteiger partial charge in [-0.05, 0) is 29.7 Å². The van der Waals surface area contributed by atoms with Gasteiger partial charge in [0.2, 0.25) is 5.91 Å². The van der Waals surface area contributed by atoms with Crippen molar-refractivity contribution in [2.24, 2.45) is 0 Å². The second-order valence-electron chi connectivity index (χ2n) is 4.43. The van der Waals surface area contributed by atoms with E-state index in [2.05, 4.69) is 5.32 Å². The van der Waals surface area contributed by atoms with Gasteiger partial charge >= 0.3 is 6.18 Å². The molecule has 7 heteroatoms. The lowest BCUT2D eigenvalue weighted by atomic mass is 10.0. The number of aliphatic hydroxyl groups excluding tert-OH is 1. The van der Waals surface area contributed by atoms with E-state index in [9.17, 15) is 23.1 Å². The molecule has 1 heterocycles. The van der Waals surface area contributed by atoms with E-state index in [0.29, 0.717) is 11.3 Å². The lowest BCUT2D eigenvalue weighted by Crippen LogP contribution is -2.10. The van der Waals surface area contributed by atoms with Crippen molar-refractivity contribution in [1.82, 2.24) is 0 Å². The second kappa shape index (κ2) is 5.02. The molecule has 1 unspecified atom stereocenters. The number of benzene rings is 1. The van der Waals surface area contributed by atoms with Crippen LogP contribution in [0.1, 0.15) is 30.1 Å². The zero-order valence-corrected chi connectivity index (χ0v) is 10.5. The maximum Gasteiger partial charge on any atom is 0.389 e. The Kier molecular flexibility index (Phi) is 3.73. The highest BCUT2D eigenvalue weighted by atomic mass is 35.5. The number of hydrogen-bond acceptors (Lipinski definition) is 2. The lowest BCUT2D eigenvalue weighted by Gasteiger charge is -2.15. The molecule has 0 saturated heterocycles. The number of nitrogens with one attached hydrogen (secondary N) is 1. The van der Waals surface area contributed by atoms with E-state index < -0.39 is 25.1 Å². The fraction of sp³-hybridized carbons (Fsp3) is 0.417. The van der Waals surface area contributed by atoms with Gasteiger partial charge in [-0.25, -0.2) is 0 Å². The summed E-state index contributed by atoms with van der Waals surface area (Å²) in [6.07, 6.45) is -7.01. The van der Waals surface area contributed by atoms with Crippen molar-refractivity contribution < 1.29 is 23.1 Å². The van der Waals surface area contributed by atoms with E-state index >= 15 is 0 Å². The molecule has 1 aliphatic heterocycles. The van der Waals surface area contributed by atoms with Crippen LogP contribution in [0.15, 0.2) is 12.1 Å². The largest absolute Gasteiger partial charge is 0.389 e. The molecule has 0 saturated carbocycles. The standard InChI is InChI=1S/C12H11ClF3NO2/c13-8-5-9-6(4-11(19)17-9)3-7(8)10(18)1-2-12(14,15)16/h3,5,10,18H,1-2,4H2,(H,17,19). The van der Waals surface area contributed by atoms with Crippen LogP contribution in [-0.4, -0.2) is 17.2 Å². The van der Waals surface area contributed by atoms with Crippen molar-refractivity contribution in [3.05, 3.63) is 28.3 Å². The van der Waals surface area contributed by atoms with Crippen LogP contribution in [0.4, 0.5) is 18.9 Å². The van der Waals surface area contributed by atoms with Crippen LogP contribution >= 0.6 is 11.6 Å². The number of carbonyl (C=O) groups excluding carboxylic acids is 1. The first-order valence-corrected chi connectivity index (χ1v) is 6.01. The van der Waals surface area contributed by atoms with E-state index in [0.717, 1.165) is 0 Å². The molecule has 0 spiro atoms. The Morgan fingerprint density at radius 1 is 1.42 bits per heavy atom. The number of amides is 1. The van der Waals surface area contributed by atoms with Crippen molar-refractivity contribution in [3.63, 3.8) is 0 Å². The van der Waals surface area contributed by atoms with Gasteiger partial charge in [-0.1, -0.05) is 11.6 Å². The van der Waals surface area contributed by atoms with Crippen LogP contribution in [-0.2, 0) is 11.2 Å². The van der Waals surface area contributed by atoms with E-state index in [1.165, 1.54) is 12.1 Å². The van der Waals surface area contributed by atoms with E-state index in [-0.39, 0.29) is 22.9 Å². The Labute approximate surface area is 112 Å². The summed E-state index contributed by atoms with van der Waals surface area (Å²) >= 11 is 5.91. The van der Waals surface area contributed by atoms with Crippen molar-refractivity contribution in [2.75, 3.05) is 5.32 Å². The molecule has 3 nitrogen and oxygen atoms in total. The molecular weight excluding hydrogens is 283 g/mol. The molecule has 1 aliphatic rings. The highest BCUT2D eigenvalue weighted by molar-refractivity contribution is 6.32. The Hall–Kier alpha value is -1.27. The van der Waals surface area contributed by atoms with Gasteiger partial charge in [-0.15, -0.1) is 0 Å². The Morgan fingerprint density at radius 2 is 2.11 bits per heavy atom. The van der Waals surface area contributed by atoms with Gasteiger partial charge < -0.3 is 10.4 Å². The second-order valence-corrected chi connectivity index (χ2v) is 4.83. The molecule has 0 bridgehead atoms. The van der Waals surface area contributed by atoms with Crippen LogP contribution in [0, 0.1) is 0 Å². The molecule has 1 atom stereocenters. The van der Waals surface area contributed by atoms with E-state index in [4.69, 9.17) is 11.6 Å². The fourth-order valence-electron chi connectivity index (χ4n) is 1.98. The molecule has 104 valence electrons. The normalized spacial score (nSPS) is 16.2. The van der Waals surface area contributed by atoms with E-state index in [1.54, 1.807) is 0 Å². The summed E-state index contributed by atoms with van der Waals surface area (Å²) in [5.74, 6) is -0.201. The van der Waals surface area contributed by atoms with E-state index in [1.807, 2.05) is 0 Å². The van der Waals surface area contributed by atoms with Crippen LogP contribution < -0.4 is 5.32 Å². The van der Waals surface area contributed by atoms with Crippen molar-refractivity contribution in [2.45, 2.75) is 31.5 Å². The summed E-state index contributed by atoms with van der Waals surface area (Å²) in [6, 6.07) is 2.94. The third-order valence-corrected chi connectivity index (χ3v) is 3.24. The first kappa shape index (κ1) is 14.1. The van der Waals surface area contributed by atoms with Crippen LogP contribution in [0.2, 0.25) is 5.02 Å². The summed E-state index contributed by atoms with van der Waals surface area (Å²) < 4.78 is 36.3. The number of halogens is 4. The third-order valence-electron chi connectivity index (χ3n) is 2.91. The van der Waals surface area contributed by atoms with Gasteiger partial charge in [-0.2, -0.15) is 13.2 Å². The van der Waals surface area contributed by atoms with Gasteiger partial charge in [0.25, 0.3) is 0 Å². The topological polar surface area (TPSA) is 49.3 Å². The maximum atomic E-state index is 12.1. The quantitative estimate of drug-likeness (QED) is 0.899. The molecule has 0 fully saturated rings. The molecule has 1 aromatic rings. The molecular formula is C12H11ClF3NO2. The average molecular weight is 294 g/mol. The maximum absolute atomic E-state index is 12.1. The van der Waals surface area contributed by atoms with Crippen LogP contribution in [0.25, 0.3) is 0 Å². The minimum absolute atomic E-state index is 0.144. The number of rotatable bonds is 3. The SMILES string of the molecule is O=C1Cc2cc(C(O)CCC(F)(F)F)c(Cl)cc2N1. The highest BCUT2D eigenvalue weighted by Gasteiger charge is 2.29. The predicted octanol–water partition coefficient (Wildman–Crippen LogP) is 3.21. The smallest absolute Gasteiger partial charge is 0.388 e. The first-order valence-electron chi connectivity index (χ1n) is 5.63. The zero-order chi connectivity index (χ0) is 14.2. The molecule has 19 heavy (non-hydrogen) atoms. The van der Waals surface area contributed by atoms with Crippen molar-refractivity contribution in [3.8, 4) is 0 Å². The minimum atomic E-state index is -4.32. The van der Waals surface area contributed by atoms with Crippen molar-refractivity contribution >= 4 is 23.2 Å². The molecule has 1 aromatic carbocycles. The highest BCUT2D eigenvalue weighted by Crippen LogP contribution is 2.35. The molecule has 2 rings (SSSR count).